The van der Waals surface area contributed by atoms with Crippen LogP contribution in [0.15, 0.2) is 54.7 Å². The maximum absolute atomic E-state index is 13.4. The number of carbonyl (C=O) groups is 2. The van der Waals surface area contributed by atoms with Crippen LogP contribution in [0, 0.1) is 11.6 Å². The summed E-state index contributed by atoms with van der Waals surface area (Å²) in [6, 6.07) is 11.4. The number of benzene rings is 2. The molecule has 0 radical (unpaired) electrons. The first-order valence-electron chi connectivity index (χ1n) is 10.9. The average molecular weight is 500 g/mol. The number of amides is 1. The quantitative estimate of drug-likeness (QED) is 0.501. The van der Waals surface area contributed by atoms with Crippen molar-refractivity contribution in [3.05, 3.63) is 88.1 Å². The molecule has 1 amide bonds. The fourth-order valence-corrected chi connectivity index (χ4v) is 4.26. The molecule has 1 saturated carbocycles. The van der Waals surface area contributed by atoms with Crippen molar-refractivity contribution >= 4 is 29.3 Å². The van der Waals surface area contributed by atoms with Gasteiger partial charge in [-0.3, -0.25) is 4.79 Å². The van der Waals surface area contributed by atoms with Gasteiger partial charge in [-0.25, -0.2) is 18.6 Å². The second kappa shape index (κ2) is 8.81. The van der Waals surface area contributed by atoms with Crippen molar-refractivity contribution < 1.29 is 28.2 Å². The molecule has 2 heterocycles. The molecular formula is C25H20ClF2N3O4. The lowest BCUT2D eigenvalue weighted by atomic mass is 10.0. The molecule has 1 aromatic heterocycles. The van der Waals surface area contributed by atoms with Gasteiger partial charge < -0.3 is 20.1 Å². The topological polar surface area (TPSA) is 91.8 Å². The first-order chi connectivity index (χ1) is 16.7. The number of ether oxygens (including phenoxy) is 1. The van der Waals surface area contributed by atoms with Crippen LogP contribution in [0.2, 0.25) is 5.02 Å². The molecule has 0 unspecified atom stereocenters. The van der Waals surface area contributed by atoms with Crippen LogP contribution >= 0.6 is 11.6 Å². The number of pyridine rings is 1. The summed E-state index contributed by atoms with van der Waals surface area (Å²) >= 11 is 6.13. The molecule has 35 heavy (non-hydrogen) atoms. The lowest BCUT2D eigenvalue weighted by molar-refractivity contribution is 0.0696. The van der Waals surface area contributed by atoms with Gasteiger partial charge in [0.05, 0.1) is 34.8 Å². The maximum atomic E-state index is 13.4. The molecule has 3 aromatic rings. The smallest absolute Gasteiger partial charge is 0.335 e. The van der Waals surface area contributed by atoms with Gasteiger partial charge in [0.25, 0.3) is 5.91 Å². The lowest BCUT2D eigenvalue weighted by Crippen LogP contribution is -2.55. The first kappa shape index (κ1) is 23.0. The van der Waals surface area contributed by atoms with Crippen molar-refractivity contribution in [1.29, 1.82) is 0 Å². The predicted octanol–water partition coefficient (Wildman–Crippen LogP) is 4.40. The molecule has 2 aromatic carbocycles. The van der Waals surface area contributed by atoms with Crippen molar-refractivity contribution in [2.24, 2.45) is 0 Å². The zero-order valence-corrected chi connectivity index (χ0v) is 19.1. The van der Waals surface area contributed by atoms with E-state index in [1.54, 1.807) is 18.2 Å². The molecule has 1 aliphatic carbocycles. The molecule has 2 fully saturated rings. The Morgan fingerprint density at radius 1 is 1.09 bits per heavy atom. The number of carboxylic acid groups (broad SMARTS) is 1. The molecule has 0 spiro atoms. The number of hydrogen-bond acceptors (Lipinski definition) is 5. The molecule has 2 N–H and O–H groups in total. The summed E-state index contributed by atoms with van der Waals surface area (Å²) < 4.78 is 32.3. The summed E-state index contributed by atoms with van der Waals surface area (Å²) in [4.78, 5) is 30.6. The van der Waals surface area contributed by atoms with E-state index in [0.29, 0.717) is 29.5 Å². The number of carbonyl (C=O) groups excluding carboxylic acids is 1. The van der Waals surface area contributed by atoms with Crippen LogP contribution in [-0.2, 0) is 5.54 Å². The Labute approximate surface area is 204 Å². The Balaban J connectivity index is 1.29. The van der Waals surface area contributed by atoms with Crippen LogP contribution in [-0.4, -0.2) is 41.2 Å². The fraction of sp³-hybridized carbons (Fsp3) is 0.240. The Morgan fingerprint density at radius 3 is 2.43 bits per heavy atom. The van der Waals surface area contributed by atoms with Gasteiger partial charge in [0.2, 0.25) is 0 Å². The third kappa shape index (κ3) is 4.64. The van der Waals surface area contributed by atoms with E-state index in [1.807, 2.05) is 4.90 Å². The monoisotopic (exact) mass is 499 g/mol. The standard InChI is InChI=1S/C25H20ClF2N3O4/c26-16-9-19(23(32)30-25(7-8-25)15-3-1-14(2-4-15)24(33)34)22(29-11-16)31-12-18(13-31)35-17-5-6-20(27)21(28)10-17/h1-6,9-11,18H,7-8,12-13H2,(H,30,32)(H,33,34). The van der Waals surface area contributed by atoms with Crippen LogP contribution in [0.5, 0.6) is 5.75 Å². The summed E-state index contributed by atoms with van der Waals surface area (Å²) in [6.45, 7) is 0.797. The van der Waals surface area contributed by atoms with Gasteiger partial charge in [-0.05, 0) is 48.7 Å². The van der Waals surface area contributed by atoms with E-state index in [4.69, 9.17) is 21.4 Å². The van der Waals surface area contributed by atoms with Gasteiger partial charge >= 0.3 is 5.97 Å². The van der Waals surface area contributed by atoms with E-state index in [-0.39, 0.29) is 23.3 Å². The molecule has 0 atom stereocenters. The molecule has 1 aliphatic heterocycles. The summed E-state index contributed by atoms with van der Waals surface area (Å²) in [7, 11) is 0. The number of carboxylic acids is 1. The number of nitrogens with one attached hydrogen (secondary N) is 1. The van der Waals surface area contributed by atoms with Crippen LogP contribution in [0.25, 0.3) is 0 Å². The van der Waals surface area contributed by atoms with Crippen molar-refractivity contribution in [3.63, 3.8) is 0 Å². The SMILES string of the molecule is O=C(O)c1ccc(C2(NC(=O)c3cc(Cl)cnc3N3CC(Oc4ccc(F)c(F)c4)C3)CC2)cc1. The van der Waals surface area contributed by atoms with E-state index in [2.05, 4.69) is 10.3 Å². The second-order valence-corrected chi connectivity index (χ2v) is 9.10. The van der Waals surface area contributed by atoms with Crippen LogP contribution in [0.4, 0.5) is 14.6 Å². The van der Waals surface area contributed by atoms with Crippen LogP contribution < -0.4 is 15.0 Å². The summed E-state index contributed by atoms with van der Waals surface area (Å²) in [6.07, 6.45) is 2.62. The Bertz CT molecular complexity index is 1310. The largest absolute Gasteiger partial charge is 0.487 e. The number of aromatic carboxylic acids is 1. The Hall–Kier alpha value is -3.72. The van der Waals surface area contributed by atoms with Crippen molar-refractivity contribution in [3.8, 4) is 5.75 Å². The molecule has 1 saturated heterocycles. The minimum absolute atomic E-state index is 0.176. The minimum Gasteiger partial charge on any atom is -0.487 e. The van der Waals surface area contributed by atoms with E-state index < -0.39 is 23.1 Å². The molecule has 180 valence electrons. The van der Waals surface area contributed by atoms with Crippen molar-refractivity contribution in [2.45, 2.75) is 24.5 Å². The van der Waals surface area contributed by atoms with E-state index in [1.165, 1.54) is 24.4 Å². The summed E-state index contributed by atoms with van der Waals surface area (Å²) in [5, 5.41) is 12.5. The first-order valence-corrected chi connectivity index (χ1v) is 11.3. The van der Waals surface area contributed by atoms with Crippen LogP contribution in [0.3, 0.4) is 0 Å². The van der Waals surface area contributed by atoms with Gasteiger partial charge in [-0.15, -0.1) is 0 Å². The number of anilines is 1. The molecule has 2 aliphatic rings. The number of hydrogen-bond donors (Lipinski definition) is 2. The molecule has 10 heteroatoms. The molecule has 0 bridgehead atoms. The third-order valence-corrected chi connectivity index (χ3v) is 6.41. The summed E-state index contributed by atoms with van der Waals surface area (Å²) in [5.41, 5.74) is 0.740. The van der Waals surface area contributed by atoms with E-state index in [9.17, 15) is 18.4 Å². The van der Waals surface area contributed by atoms with Gasteiger partial charge in [0.1, 0.15) is 17.7 Å². The van der Waals surface area contributed by atoms with Crippen molar-refractivity contribution in [2.75, 3.05) is 18.0 Å². The normalized spacial score (nSPS) is 16.4. The zero-order chi connectivity index (χ0) is 24.7. The number of aromatic nitrogens is 1. The molecular weight excluding hydrogens is 480 g/mol. The number of nitrogens with zero attached hydrogens (tertiary/aromatic N) is 2. The summed E-state index contributed by atoms with van der Waals surface area (Å²) in [5.74, 6) is -2.63. The highest BCUT2D eigenvalue weighted by Crippen LogP contribution is 2.46. The number of rotatable bonds is 7. The highest BCUT2D eigenvalue weighted by atomic mass is 35.5. The molecule has 7 nitrogen and oxygen atoms in total. The Kier molecular flexibility index (Phi) is 5.80. The van der Waals surface area contributed by atoms with E-state index >= 15 is 0 Å². The van der Waals surface area contributed by atoms with Gasteiger partial charge in [0.15, 0.2) is 11.6 Å². The fourth-order valence-electron chi connectivity index (χ4n) is 4.11. The Morgan fingerprint density at radius 2 is 1.80 bits per heavy atom. The average Bonchev–Trinajstić information content (AvgIpc) is 3.59. The third-order valence-electron chi connectivity index (χ3n) is 6.21. The van der Waals surface area contributed by atoms with Gasteiger partial charge in [0, 0.05) is 12.3 Å². The highest BCUT2D eigenvalue weighted by molar-refractivity contribution is 6.31. The van der Waals surface area contributed by atoms with Gasteiger partial charge in [-0.2, -0.15) is 0 Å². The highest BCUT2D eigenvalue weighted by Gasteiger charge is 2.46. The van der Waals surface area contributed by atoms with E-state index in [0.717, 1.165) is 30.5 Å². The predicted molar refractivity (Wildman–Crippen MR) is 124 cm³/mol. The molecule has 5 rings (SSSR count). The van der Waals surface area contributed by atoms with Crippen molar-refractivity contribution in [1.82, 2.24) is 10.3 Å². The second-order valence-electron chi connectivity index (χ2n) is 8.66. The number of halogens is 3. The maximum Gasteiger partial charge on any atom is 0.335 e. The minimum atomic E-state index is -1.01. The lowest BCUT2D eigenvalue weighted by Gasteiger charge is -2.40. The van der Waals surface area contributed by atoms with Crippen LogP contribution in [0.1, 0.15) is 39.1 Å². The zero-order valence-electron chi connectivity index (χ0n) is 18.3. The van der Waals surface area contributed by atoms with Gasteiger partial charge in [-0.1, -0.05) is 23.7 Å².